The molecule has 0 spiro atoms. The molecule has 0 aliphatic heterocycles. The molecule has 1 aromatic carbocycles. The summed E-state index contributed by atoms with van der Waals surface area (Å²) in [4.78, 5) is 3.44. The van der Waals surface area contributed by atoms with E-state index in [2.05, 4.69) is 24.1 Å². The third kappa shape index (κ3) is 4.13. The molecule has 0 radical (unpaired) electrons. The average Bonchev–Trinajstić information content (AvgIpc) is 2.73. The Bertz CT molecular complexity index is 581. The van der Waals surface area contributed by atoms with E-state index in [1.165, 1.54) is 10.4 Å². The van der Waals surface area contributed by atoms with Crippen molar-refractivity contribution in [3.63, 3.8) is 0 Å². The molecular formula is C15H18Cl2N2S. The van der Waals surface area contributed by atoms with Crippen LogP contribution in [0.25, 0.3) is 0 Å². The van der Waals surface area contributed by atoms with Crippen LogP contribution in [-0.2, 0) is 13.0 Å². The molecule has 1 atom stereocenters. The van der Waals surface area contributed by atoms with E-state index in [1.54, 1.807) is 11.3 Å². The van der Waals surface area contributed by atoms with E-state index in [0.29, 0.717) is 0 Å². The van der Waals surface area contributed by atoms with Gasteiger partial charge in [-0.05, 0) is 49.2 Å². The summed E-state index contributed by atoms with van der Waals surface area (Å²) in [5.74, 6) is 0. The topological polar surface area (TPSA) is 29.3 Å². The number of hydrogen-bond donors (Lipinski definition) is 1. The van der Waals surface area contributed by atoms with Gasteiger partial charge in [0, 0.05) is 28.7 Å². The van der Waals surface area contributed by atoms with Crippen LogP contribution in [0, 0.1) is 0 Å². The minimum Gasteiger partial charge on any atom is -0.369 e. The molecule has 0 fully saturated rings. The van der Waals surface area contributed by atoms with Gasteiger partial charge in [0.25, 0.3) is 0 Å². The fourth-order valence-corrected chi connectivity index (χ4v) is 3.53. The zero-order valence-corrected chi connectivity index (χ0v) is 13.9. The highest BCUT2D eigenvalue weighted by Crippen LogP contribution is 2.28. The number of nitrogens with zero attached hydrogens (tertiary/aromatic N) is 1. The van der Waals surface area contributed by atoms with Crippen LogP contribution in [0.2, 0.25) is 9.36 Å². The van der Waals surface area contributed by atoms with Gasteiger partial charge in [-0.25, -0.2) is 0 Å². The molecule has 0 aliphatic rings. The van der Waals surface area contributed by atoms with Crippen molar-refractivity contribution in [2.45, 2.75) is 25.9 Å². The standard InChI is InChI=1S/C15H18Cl2N2S/c1-10(18)7-11-8-12(16)3-5-14(11)19(2)9-13-4-6-15(17)20-13/h3-6,8,10H,7,9,18H2,1-2H3. The number of halogens is 2. The van der Waals surface area contributed by atoms with Crippen molar-refractivity contribution in [1.29, 1.82) is 0 Å². The van der Waals surface area contributed by atoms with Crippen LogP contribution in [-0.4, -0.2) is 13.1 Å². The van der Waals surface area contributed by atoms with E-state index in [9.17, 15) is 0 Å². The van der Waals surface area contributed by atoms with Gasteiger partial charge in [-0.3, -0.25) is 0 Å². The first-order valence-electron chi connectivity index (χ1n) is 6.45. The minimum atomic E-state index is 0.108. The first kappa shape index (κ1) is 15.6. The van der Waals surface area contributed by atoms with Gasteiger partial charge in [-0.15, -0.1) is 11.3 Å². The van der Waals surface area contributed by atoms with Gasteiger partial charge in [0.1, 0.15) is 0 Å². The Kier molecular flexibility index (Phi) is 5.33. The van der Waals surface area contributed by atoms with Gasteiger partial charge in [-0.2, -0.15) is 0 Å². The lowest BCUT2D eigenvalue weighted by Crippen LogP contribution is -2.22. The van der Waals surface area contributed by atoms with E-state index in [1.807, 2.05) is 25.1 Å². The van der Waals surface area contributed by atoms with Gasteiger partial charge in [0.05, 0.1) is 10.9 Å². The smallest absolute Gasteiger partial charge is 0.0931 e. The van der Waals surface area contributed by atoms with E-state index < -0.39 is 0 Å². The molecule has 2 aromatic rings. The summed E-state index contributed by atoms with van der Waals surface area (Å²) < 4.78 is 0.820. The quantitative estimate of drug-likeness (QED) is 0.870. The molecule has 2 rings (SSSR count). The van der Waals surface area contributed by atoms with Crippen molar-refractivity contribution in [3.05, 3.63) is 50.1 Å². The molecule has 20 heavy (non-hydrogen) atoms. The molecule has 0 saturated heterocycles. The van der Waals surface area contributed by atoms with Crippen LogP contribution in [0.15, 0.2) is 30.3 Å². The molecule has 0 amide bonds. The van der Waals surface area contributed by atoms with Gasteiger partial charge >= 0.3 is 0 Å². The number of rotatable bonds is 5. The zero-order valence-electron chi connectivity index (χ0n) is 11.6. The molecule has 1 aromatic heterocycles. The van der Waals surface area contributed by atoms with Crippen LogP contribution in [0.4, 0.5) is 5.69 Å². The highest BCUT2D eigenvalue weighted by Gasteiger charge is 2.11. The van der Waals surface area contributed by atoms with Gasteiger partial charge in [0.15, 0.2) is 0 Å². The van der Waals surface area contributed by atoms with Crippen molar-refractivity contribution in [3.8, 4) is 0 Å². The third-order valence-electron chi connectivity index (χ3n) is 3.02. The summed E-state index contributed by atoms with van der Waals surface area (Å²) >= 11 is 13.7. The Morgan fingerprint density at radius 1 is 1.25 bits per heavy atom. The number of nitrogens with two attached hydrogens (primary N) is 1. The molecule has 2 nitrogen and oxygen atoms in total. The van der Waals surface area contributed by atoms with Gasteiger partial charge < -0.3 is 10.6 Å². The summed E-state index contributed by atoms with van der Waals surface area (Å²) in [5, 5.41) is 0.747. The second-order valence-electron chi connectivity index (χ2n) is 5.02. The zero-order chi connectivity index (χ0) is 14.7. The van der Waals surface area contributed by atoms with Crippen LogP contribution >= 0.6 is 34.5 Å². The normalized spacial score (nSPS) is 12.4. The average molecular weight is 329 g/mol. The van der Waals surface area contributed by atoms with Crippen molar-refractivity contribution in [1.82, 2.24) is 0 Å². The highest BCUT2D eigenvalue weighted by molar-refractivity contribution is 7.16. The second kappa shape index (κ2) is 6.81. The fourth-order valence-electron chi connectivity index (χ4n) is 2.19. The summed E-state index contributed by atoms with van der Waals surface area (Å²) in [7, 11) is 2.07. The maximum absolute atomic E-state index is 6.09. The van der Waals surface area contributed by atoms with Crippen molar-refractivity contribution < 1.29 is 0 Å². The molecular weight excluding hydrogens is 311 g/mol. The largest absolute Gasteiger partial charge is 0.369 e. The fraction of sp³-hybridized carbons (Fsp3) is 0.333. The second-order valence-corrected chi connectivity index (χ2v) is 7.25. The Labute approximate surface area is 134 Å². The molecule has 0 bridgehead atoms. The van der Waals surface area contributed by atoms with Gasteiger partial charge in [-0.1, -0.05) is 23.2 Å². The van der Waals surface area contributed by atoms with Crippen LogP contribution in [0.3, 0.4) is 0 Å². The Hall–Kier alpha value is -0.740. The number of thiophene rings is 1. The Morgan fingerprint density at radius 3 is 2.60 bits per heavy atom. The number of anilines is 1. The SMILES string of the molecule is CC(N)Cc1cc(Cl)ccc1N(C)Cc1ccc(Cl)s1. The Morgan fingerprint density at radius 2 is 2.00 bits per heavy atom. The monoisotopic (exact) mass is 328 g/mol. The van der Waals surface area contributed by atoms with Crippen LogP contribution in [0.5, 0.6) is 0 Å². The predicted molar refractivity (Wildman–Crippen MR) is 90.2 cm³/mol. The summed E-state index contributed by atoms with van der Waals surface area (Å²) in [6.45, 7) is 2.83. The van der Waals surface area contributed by atoms with Gasteiger partial charge in [0.2, 0.25) is 0 Å². The first-order valence-corrected chi connectivity index (χ1v) is 8.02. The molecule has 1 heterocycles. The van der Waals surface area contributed by atoms with Crippen LogP contribution < -0.4 is 10.6 Å². The summed E-state index contributed by atoms with van der Waals surface area (Å²) in [6, 6.07) is 10.1. The lowest BCUT2D eigenvalue weighted by molar-refractivity contribution is 0.734. The highest BCUT2D eigenvalue weighted by atomic mass is 35.5. The Balaban J connectivity index is 2.21. The van der Waals surface area contributed by atoms with Crippen molar-refractivity contribution >= 4 is 40.2 Å². The molecule has 0 saturated carbocycles. The van der Waals surface area contributed by atoms with E-state index in [-0.39, 0.29) is 6.04 Å². The van der Waals surface area contributed by atoms with E-state index >= 15 is 0 Å². The maximum atomic E-state index is 6.09. The van der Waals surface area contributed by atoms with Crippen LogP contribution in [0.1, 0.15) is 17.4 Å². The molecule has 2 N–H and O–H groups in total. The molecule has 0 aliphatic carbocycles. The lowest BCUT2D eigenvalue weighted by Gasteiger charge is -2.23. The van der Waals surface area contributed by atoms with Crippen molar-refractivity contribution in [2.24, 2.45) is 5.73 Å². The number of benzene rings is 1. The third-order valence-corrected chi connectivity index (χ3v) is 4.47. The summed E-state index contributed by atoms with van der Waals surface area (Å²) in [6.07, 6.45) is 0.811. The maximum Gasteiger partial charge on any atom is 0.0931 e. The lowest BCUT2D eigenvalue weighted by atomic mass is 10.0. The molecule has 1 unspecified atom stereocenters. The molecule has 108 valence electrons. The van der Waals surface area contributed by atoms with Crippen molar-refractivity contribution in [2.75, 3.05) is 11.9 Å². The number of hydrogen-bond acceptors (Lipinski definition) is 3. The van der Waals surface area contributed by atoms with E-state index in [4.69, 9.17) is 28.9 Å². The molecule has 5 heteroatoms. The predicted octanol–water partition coefficient (Wildman–Crippen LogP) is 4.58. The first-order chi connectivity index (χ1) is 9.45. The van der Waals surface area contributed by atoms with E-state index in [0.717, 1.165) is 28.0 Å². The minimum absolute atomic E-state index is 0.108. The summed E-state index contributed by atoms with van der Waals surface area (Å²) in [5.41, 5.74) is 8.26.